The van der Waals surface area contributed by atoms with E-state index in [0.29, 0.717) is 51.0 Å². The van der Waals surface area contributed by atoms with Crippen LogP contribution in [-0.4, -0.2) is 33.1 Å². The molecule has 0 fully saturated rings. The number of ether oxygens (including phenoxy) is 5. The number of carbonyl (C=O) groups is 2. The molecule has 0 amide bonds. The van der Waals surface area contributed by atoms with Crippen LogP contribution < -0.4 is 23.7 Å². The Kier molecular flexibility index (Phi) is 6.27. The molecule has 0 aliphatic carbocycles. The van der Waals surface area contributed by atoms with Crippen molar-refractivity contribution >= 4 is 17.8 Å². The normalized spacial score (nSPS) is 13.3. The maximum Gasteiger partial charge on any atom is 0.343 e. The Hall–Kier alpha value is -4.26. The summed E-state index contributed by atoms with van der Waals surface area (Å²) in [6.07, 6.45) is 1.58. The van der Waals surface area contributed by atoms with Crippen LogP contribution in [0.3, 0.4) is 0 Å². The van der Waals surface area contributed by atoms with Gasteiger partial charge in [0, 0.05) is 11.6 Å². The lowest BCUT2D eigenvalue weighted by molar-refractivity contribution is 0.0734. The minimum Gasteiger partial charge on any atom is -0.493 e. The molecular weight excluding hydrogens is 436 g/mol. The van der Waals surface area contributed by atoms with E-state index in [1.165, 1.54) is 21.3 Å². The summed E-state index contributed by atoms with van der Waals surface area (Å²) in [5.74, 6) is 1.28. The van der Waals surface area contributed by atoms with E-state index < -0.39 is 5.97 Å². The topological polar surface area (TPSA) is 80.3 Å². The first-order chi connectivity index (χ1) is 16.4. The number of rotatable bonds is 6. The van der Waals surface area contributed by atoms with Gasteiger partial charge >= 0.3 is 5.97 Å². The molecular formula is C27H24O7. The van der Waals surface area contributed by atoms with Crippen molar-refractivity contribution in [3.8, 4) is 28.7 Å². The summed E-state index contributed by atoms with van der Waals surface area (Å²) >= 11 is 0. The minimum atomic E-state index is -0.488. The molecule has 1 heterocycles. The third-order valence-electron chi connectivity index (χ3n) is 5.43. The molecule has 1 aliphatic heterocycles. The second-order valence-corrected chi connectivity index (χ2v) is 7.74. The van der Waals surface area contributed by atoms with Gasteiger partial charge in [-0.15, -0.1) is 0 Å². The summed E-state index contributed by atoms with van der Waals surface area (Å²) in [6.45, 7) is 3.67. The number of esters is 1. The highest BCUT2D eigenvalue weighted by molar-refractivity contribution is 6.15. The third-order valence-corrected chi connectivity index (χ3v) is 5.43. The van der Waals surface area contributed by atoms with Crippen LogP contribution in [0.2, 0.25) is 0 Å². The van der Waals surface area contributed by atoms with E-state index in [4.69, 9.17) is 23.7 Å². The van der Waals surface area contributed by atoms with Crippen LogP contribution in [0.4, 0.5) is 0 Å². The number of allylic oxidation sites excluding steroid dienone is 1. The van der Waals surface area contributed by atoms with Crippen LogP contribution in [0.25, 0.3) is 6.08 Å². The number of ketones is 1. The molecule has 0 saturated carbocycles. The highest BCUT2D eigenvalue weighted by Gasteiger charge is 2.31. The average molecular weight is 460 g/mol. The second kappa shape index (κ2) is 9.31. The summed E-state index contributed by atoms with van der Waals surface area (Å²) in [7, 11) is 4.54. The van der Waals surface area contributed by atoms with Gasteiger partial charge in [0.05, 0.1) is 32.5 Å². The first-order valence-corrected chi connectivity index (χ1v) is 10.5. The van der Waals surface area contributed by atoms with E-state index in [1.54, 1.807) is 55.5 Å². The van der Waals surface area contributed by atoms with Crippen molar-refractivity contribution < 1.29 is 33.3 Å². The zero-order chi connectivity index (χ0) is 24.4. The monoisotopic (exact) mass is 460 g/mol. The predicted molar refractivity (Wildman–Crippen MR) is 126 cm³/mol. The van der Waals surface area contributed by atoms with Crippen LogP contribution in [0.5, 0.6) is 28.7 Å². The second-order valence-electron chi connectivity index (χ2n) is 7.74. The van der Waals surface area contributed by atoms with Crippen molar-refractivity contribution in [1.29, 1.82) is 0 Å². The lowest BCUT2D eigenvalue weighted by Gasteiger charge is -2.14. The van der Waals surface area contributed by atoms with Crippen molar-refractivity contribution in [2.75, 3.05) is 21.3 Å². The Morgan fingerprint density at radius 2 is 1.68 bits per heavy atom. The Bertz CT molecular complexity index is 1320. The first kappa shape index (κ1) is 22.9. The van der Waals surface area contributed by atoms with E-state index in [2.05, 4.69) is 0 Å². The van der Waals surface area contributed by atoms with Crippen molar-refractivity contribution in [3.05, 3.63) is 82.1 Å². The summed E-state index contributed by atoms with van der Waals surface area (Å²) in [4.78, 5) is 25.6. The first-order valence-electron chi connectivity index (χ1n) is 10.5. The summed E-state index contributed by atoms with van der Waals surface area (Å²) < 4.78 is 27.6. The summed E-state index contributed by atoms with van der Waals surface area (Å²) in [5, 5.41) is 0. The number of carbonyl (C=O) groups excluding carboxylic acids is 2. The molecule has 34 heavy (non-hydrogen) atoms. The quantitative estimate of drug-likeness (QED) is 0.285. The van der Waals surface area contributed by atoms with Crippen molar-refractivity contribution in [2.45, 2.75) is 13.8 Å². The number of fused-ring (bicyclic) bond motifs is 1. The molecule has 3 aromatic rings. The van der Waals surface area contributed by atoms with Crippen molar-refractivity contribution in [3.63, 3.8) is 0 Å². The van der Waals surface area contributed by atoms with Gasteiger partial charge in [-0.1, -0.05) is 17.7 Å². The minimum absolute atomic E-state index is 0.116. The number of aryl methyl sites for hydroxylation is 2. The molecule has 0 atom stereocenters. The van der Waals surface area contributed by atoms with E-state index in [1.807, 2.05) is 13.0 Å². The highest BCUT2D eigenvalue weighted by atomic mass is 16.5. The molecule has 3 aromatic carbocycles. The molecule has 0 saturated heterocycles. The van der Waals surface area contributed by atoms with Gasteiger partial charge in [-0.05, 0) is 55.8 Å². The molecule has 7 heteroatoms. The van der Waals surface area contributed by atoms with Crippen LogP contribution in [0, 0.1) is 13.8 Å². The number of hydrogen-bond donors (Lipinski definition) is 0. The molecule has 0 N–H and O–H groups in total. The van der Waals surface area contributed by atoms with Gasteiger partial charge in [0.2, 0.25) is 11.5 Å². The highest BCUT2D eigenvalue weighted by Crippen LogP contribution is 2.42. The Morgan fingerprint density at radius 3 is 2.35 bits per heavy atom. The fraction of sp³-hybridized carbons (Fsp3) is 0.185. The molecule has 1 aliphatic rings. The fourth-order valence-electron chi connectivity index (χ4n) is 3.85. The van der Waals surface area contributed by atoms with Gasteiger partial charge in [-0.2, -0.15) is 0 Å². The smallest absolute Gasteiger partial charge is 0.343 e. The van der Waals surface area contributed by atoms with Crippen LogP contribution in [0.15, 0.2) is 54.3 Å². The van der Waals surface area contributed by atoms with Gasteiger partial charge in [0.15, 0.2) is 17.3 Å². The zero-order valence-electron chi connectivity index (χ0n) is 19.6. The van der Waals surface area contributed by atoms with Gasteiger partial charge < -0.3 is 23.7 Å². The maximum atomic E-state index is 13.1. The van der Waals surface area contributed by atoms with E-state index >= 15 is 0 Å². The summed E-state index contributed by atoms with van der Waals surface area (Å²) in [5.41, 5.74) is 3.03. The molecule has 0 bridgehead atoms. The van der Waals surface area contributed by atoms with E-state index in [-0.39, 0.29) is 11.5 Å². The van der Waals surface area contributed by atoms with Crippen LogP contribution in [0.1, 0.15) is 37.4 Å². The van der Waals surface area contributed by atoms with Gasteiger partial charge in [0.25, 0.3) is 0 Å². The molecule has 7 nitrogen and oxygen atoms in total. The Balaban J connectivity index is 1.65. The molecule has 0 unspecified atom stereocenters. The number of methoxy groups -OCH3 is 3. The number of hydrogen-bond acceptors (Lipinski definition) is 7. The van der Waals surface area contributed by atoms with E-state index in [9.17, 15) is 9.59 Å². The summed E-state index contributed by atoms with van der Waals surface area (Å²) in [6, 6.07) is 13.8. The standard InChI is InChI=1S/C27H24O7/c1-15-7-6-8-18(11-15)27(29)33-19-12-16(2)23-21(14-19)34-22(24(23)28)13-17-9-10-20(30-3)26(32-5)25(17)31-4/h6-14H,1-5H3/b22-13-. The Labute approximate surface area is 197 Å². The molecule has 0 aromatic heterocycles. The van der Waals surface area contributed by atoms with Crippen LogP contribution >= 0.6 is 0 Å². The Morgan fingerprint density at radius 1 is 0.912 bits per heavy atom. The third kappa shape index (κ3) is 4.20. The predicted octanol–water partition coefficient (Wildman–Crippen LogP) is 5.16. The fourth-order valence-corrected chi connectivity index (χ4v) is 3.85. The zero-order valence-corrected chi connectivity index (χ0v) is 19.6. The average Bonchev–Trinajstić information content (AvgIpc) is 3.13. The molecule has 4 rings (SSSR count). The van der Waals surface area contributed by atoms with E-state index in [0.717, 1.165) is 5.56 Å². The SMILES string of the molecule is COc1ccc(/C=C2\Oc3cc(OC(=O)c4cccc(C)c4)cc(C)c3C2=O)c(OC)c1OC. The molecule has 0 spiro atoms. The van der Waals surface area contributed by atoms with Crippen molar-refractivity contribution in [1.82, 2.24) is 0 Å². The largest absolute Gasteiger partial charge is 0.493 e. The lowest BCUT2D eigenvalue weighted by atomic mass is 10.0. The van der Waals surface area contributed by atoms with Gasteiger partial charge in [0.1, 0.15) is 11.5 Å². The maximum absolute atomic E-state index is 13.1. The molecule has 0 radical (unpaired) electrons. The molecule has 174 valence electrons. The number of Topliss-reactive ketones (excluding diaryl/α,β-unsaturated/α-hetero) is 1. The van der Waals surface area contributed by atoms with Crippen LogP contribution in [-0.2, 0) is 0 Å². The van der Waals surface area contributed by atoms with Crippen molar-refractivity contribution in [2.24, 2.45) is 0 Å². The van der Waals surface area contributed by atoms with Gasteiger partial charge in [-0.3, -0.25) is 4.79 Å². The lowest BCUT2D eigenvalue weighted by Crippen LogP contribution is -2.09. The van der Waals surface area contributed by atoms with Gasteiger partial charge in [-0.25, -0.2) is 4.79 Å². The number of benzene rings is 3.